The second-order valence-electron chi connectivity index (χ2n) is 5.35. The van der Waals surface area contributed by atoms with E-state index in [1.807, 2.05) is 0 Å². The summed E-state index contributed by atoms with van der Waals surface area (Å²) in [5, 5.41) is 7.61. The first-order valence-electron chi connectivity index (χ1n) is 7.82. The lowest BCUT2D eigenvalue weighted by atomic mass is 10.2. The van der Waals surface area contributed by atoms with E-state index in [1.54, 1.807) is 11.2 Å². The first kappa shape index (κ1) is 20.4. The molecule has 27 heavy (non-hydrogen) atoms. The number of esters is 1. The lowest BCUT2D eigenvalue weighted by Crippen LogP contribution is -2.24. The van der Waals surface area contributed by atoms with Crippen molar-refractivity contribution >= 4 is 17.5 Å². The molecule has 146 valence electrons. The summed E-state index contributed by atoms with van der Waals surface area (Å²) in [5.74, 6) is -0.253. The molecular formula is C16H17F3N4O4. The van der Waals surface area contributed by atoms with Crippen LogP contribution in [0.25, 0.3) is 0 Å². The van der Waals surface area contributed by atoms with Gasteiger partial charge in [-0.05, 0) is 24.1 Å². The minimum atomic E-state index is -4.84. The van der Waals surface area contributed by atoms with Gasteiger partial charge in [0, 0.05) is 6.20 Å². The van der Waals surface area contributed by atoms with Crippen molar-refractivity contribution in [3.63, 3.8) is 0 Å². The van der Waals surface area contributed by atoms with Crippen molar-refractivity contribution in [2.45, 2.75) is 19.0 Å². The number of nitrogens with zero attached hydrogens (tertiary/aromatic N) is 2. The van der Waals surface area contributed by atoms with Crippen LogP contribution in [0.2, 0.25) is 0 Å². The molecule has 2 heterocycles. The zero-order valence-corrected chi connectivity index (χ0v) is 14.3. The Morgan fingerprint density at radius 1 is 1.33 bits per heavy atom. The largest absolute Gasteiger partial charge is 0.469 e. The van der Waals surface area contributed by atoms with Gasteiger partial charge in [-0.3, -0.25) is 9.59 Å². The van der Waals surface area contributed by atoms with Crippen LogP contribution >= 0.6 is 0 Å². The smallest absolute Gasteiger partial charge is 0.423 e. The number of methoxy groups -OCH3 is 1. The lowest BCUT2D eigenvalue weighted by molar-refractivity contribution is -0.142. The van der Waals surface area contributed by atoms with Crippen LogP contribution in [-0.4, -0.2) is 41.5 Å². The summed E-state index contributed by atoms with van der Waals surface area (Å²) in [4.78, 5) is 26.4. The fraction of sp³-hybridized carbons (Fsp3) is 0.375. The summed E-state index contributed by atoms with van der Waals surface area (Å²) in [7, 11) is 1.29. The van der Waals surface area contributed by atoms with E-state index in [9.17, 15) is 22.8 Å². The number of alkyl halides is 3. The van der Waals surface area contributed by atoms with E-state index in [2.05, 4.69) is 20.1 Å². The SMILES string of the molecule is COC(=O)CCOCCc1ccnc(Nc2cn[nH]c(=O)c2C(F)(F)F)c1. The number of aromatic nitrogens is 3. The predicted molar refractivity (Wildman–Crippen MR) is 88.5 cm³/mol. The highest BCUT2D eigenvalue weighted by Gasteiger charge is 2.37. The maximum atomic E-state index is 13.1. The number of halogens is 3. The van der Waals surface area contributed by atoms with Crippen molar-refractivity contribution in [2.24, 2.45) is 0 Å². The zero-order valence-electron chi connectivity index (χ0n) is 14.3. The van der Waals surface area contributed by atoms with Gasteiger partial charge in [0.05, 0.1) is 38.6 Å². The third-order valence-corrected chi connectivity index (χ3v) is 3.44. The number of anilines is 2. The molecule has 0 saturated heterocycles. The second kappa shape index (κ2) is 9.12. The number of ether oxygens (including phenoxy) is 2. The minimum absolute atomic E-state index is 0.125. The second-order valence-corrected chi connectivity index (χ2v) is 5.35. The quantitative estimate of drug-likeness (QED) is 0.528. The van der Waals surface area contributed by atoms with Gasteiger partial charge in [-0.15, -0.1) is 0 Å². The Morgan fingerprint density at radius 3 is 2.81 bits per heavy atom. The van der Waals surface area contributed by atoms with E-state index in [-0.39, 0.29) is 24.8 Å². The molecule has 2 N–H and O–H groups in total. The summed E-state index contributed by atoms with van der Waals surface area (Å²) >= 11 is 0. The molecule has 0 radical (unpaired) electrons. The fourth-order valence-corrected chi connectivity index (χ4v) is 2.16. The van der Waals surface area contributed by atoms with Crippen molar-refractivity contribution in [1.29, 1.82) is 0 Å². The van der Waals surface area contributed by atoms with Crippen molar-refractivity contribution in [1.82, 2.24) is 15.2 Å². The average Bonchev–Trinajstić information content (AvgIpc) is 2.60. The lowest BCUT2D eigenvalue weighted by Gasteiger charge is -2.12. The fourth-order valence-electron chi connectivity index (χ4n) is 2.16. The predicted octanol–water partition coefficient (Wildman–Crippen LogP) is 2.05. The third kappa shape index (κ3) is 6.06. The van der Waals surface area contributed by atoms with Crippen LogP contribution in [0.5, 0.6) is 0 Å². The summed E-state index contributed by atoms with van der Waals surface area (Å²) in [6.07, 6.45) is -1.97. The van der Waals surface area contributed by atoms with Crippen LogP contribution in [-0.2, 0) is 26.9 Å². The van der Waals surface area contributed by atoms with Crippen molar-refractivity contribution < 1.29 is 27.4 Å². The van der Waals surface area contributed by atoms with Crippen molar-refractivity contribution in [3.05, 3.63) is 46.0 Å². The molecule has 0 fully saturated rings. The average molecular weight is 386 g/mol. The number of hydrogen-bond acceptors (Lipinski definition) is 7. The highest BCUT2D eigenvalue weighted by atomic mass is 19.4. The Hall–Kier alpha value is -2.95. The molecule has 0 spiro atoms. The van der Waals surface area contributed by atoms with E-state index in [0.29, 0.717) is 13.0 Å². The standard InChI is InChI=1S/C16H17F3N4O4/c1-26-13(24)4-7-27-6-3-10-2-5-20-12(8-10)22-11-9-21-23-15(25)14(11)16(17,18)19/h2,5,8-9H,3-4,6-7H2,1H3,(H2,20,22,23,25). The van der Waals surface area contributed by atoms with E-state index in [4.69, 9.17) is 4.74 Å². The summed E-state index contributed by atoms with van der Waals surface area (Å²) in [6, 6.07) is 3.21. The molecular weight excluding hydrogens is 369 g/mol. The highest BCUT2D eigenvalue weighted by molar-refractivity contribution is 5.69. The van der Waals surface area contributed by atoms with Crippen LogP contribution in [0.4, 0.5) is 24.7 Å². The molecule has 0 amide bonds. The number of hydrogen-bond donors (Lipinski definition) is 2. The number of pyridine rings is 1. The van der Waals surface area contributed by atoms with Crippen LogP contribution in [0.15, 0.2) is 29.3 Å². The van der Waals surface area contributed by atoms with E-state index in [0.717, 1.165) is 11.8 Å². The maximum absolute atomic E-state index is 13.1. The number of nitrogens with one attached hydrogen (secondary N) is 2. The van der Waals surface area contributed by atoms with E-state index in [1.165, 1.54) is 19.4 Å². The molecule has 2 rings (SSSR count). The number of aromatic amines is 1. The molecule has 0 bridgehead atoms. The van der Waals surface area contributed by atoms with Crippen molar-refractivity contribution in [3.8, 4) is 0 Å². The van der Waals surface area contributed by atoms with Crippen molar-refractivity contribution in [2.75, 3.05) is 25.6 Å². The molecule has 0 aliphatic rings. The Labute approximate surface area is 151 Å². The molecule has 0 aromatic carbocycles. The molecule has 0 aliphatic carbocycles. The number of rotatable bonds is 8. The van der Waals surface area contributed by atoms with E-state index < -0.39 is 23.0 Å². The maximum Gasteiger partial charge on any atom is 0.423 e. The normalized spacial score (nSPS) is 11.3. The van der Waals surface area contributed by atoms with Gasteiger partial charge in [-0.2, -0.15) is 18.3 Å². The van der Waals surface area contributed by atoms with Gasteiger partial charge in [0.2, 0.25) is 0 Å². The first-order chi connectivity index (χ1) is 12.8. The first-order valence-corrected chi connectivity index (χ1v) is 7.82. The number of carbonyl (C=O) groups is 1. The minimum Gasteiger partial charge on any atom is -0.469 e. The Balaban J connectivity index is 2.02. The molecule has 11 heteroatoms. The molecule has 0 aliphatic heterocycles. The molecule has 0 saturated carbocycles. The third-order valence-electron chi connectivity index (χ3n) is 3.44. The Morgan fingerprint density at radius 2 is 2.11 bits per heavy atom. The highest BCUT2D eigenvalue weighted by Crippen LogP contribution is 2.32. The topological polar surface area (TPSA) is 106 Å². The molecule has 2 aromatic rings. The van der Waals surface area contributed by atoms with Gasteiger partial charge in [0.1, 0.15) is 11.4 Å². The Kier molecular flexibility index (Phi) is 6.88. The molecule has 8 nitrogen and oxygen atoms in total. The van der Waals surface area contributed by atoms with Gasteiger partial charge in [0.25, 0.3) is 5.56 Å². The van der Waals surface area contributed by atoms with Gasteiger partial charge >= 0.3 is 12.1 Å². The Bertz CT molecular complexity index is 839. The van der Waals surface area contributed by atoms with Crippen LogP contribution in [0.3, 0.4) is 0 Å². The van der Waals surface area contributed by atoms with Gasteiger partial charge in [-0.1, -0.05) is 0 Å². The summed E-state index contributed by atoms with van der Waals surface area (Å²) in [6.45, 7) is 0.511. The van der Waals surface area contributed by atoms with Crippen LogP contribution < -0.4 is 10.9 Å². The number of H-pyrrole nitrogens is 1. The monoisotopic (exact) mass is 386 g/mol. The molecule has 0 atom stereocenters. The molecule has 2 aromatic heterocycles. The van der Waals surface area contributed by atoms with E-state index >= 15 is 0 Å². The summed E-state index contributed by atoms with van der Waals surface area (Å²) < 4.78 is 49.0. The van der Waals surface area contributed by atoms with Crippen LogP contribution in [0.1, 0.15) is 17.5 Å². The van der Waals surface area contributed by atoms with Gasteiger partial charge < -0.3 is 14.8 Å². The molecule has 0 unspecified atom stereocenters. The number of carbonyl (C=O) groups excluding carboxylic acids is 1. The van der Waals surface area contributed by atoms with Gasteiger partial charge in [0.15, 0.2) is 0 Å². The summed E-state index contributed by atoms with van der Waals surface area (Å²) in [5.41, 5.74) is -2.47. The van der Waals surface area contributed by atoms with Crippen LogP contribution in [0, 0.1) is 0 Å². The van der Waals surface area contributed by atoms with Gasteiger partial charge in [-0.25, -0.2) is 10.1 Å². The zero-order chi connectivity index (χ0) is 19.9.